The highest BCUT2D eigenvalue weighted by atomic mass is 16.9. The third kappa shape index (κ3) is 5.04. The van der Waals surface area contributed by atoms with Gasteiger partial charge in [0, 0.05) is 62.3 Å². The van der Waals surface area contributed by atoms with Crippen molar-refractivity contribution in [1.29, 1.82) is 0 Å². The van der Waals surface area contributed by atoms with Gasteiger partial charge in [-0.15, -0.1) is 0 Å². The van der Waals surface area contributed by atoms with Crippen LogP contribution >= 0.6 is 0 Å². The molecule has 20 heteroatoms. The first kappa shape index (κ1) is 45.9. The molecule has 352 valence electrons. The fourth-order valence-electron chi connectivity index (χ4n) is 13.8. The van der Waals surface area contributed by atoms with Crippen LogP contribution in [0.15, 0.2) is 34.3 Å². The summed E-state index contributed by atoms with van der Waals surface area (Å²) in [6.45, 7) is 14.5. The molecule has 8 rings (SSSR count). The SMILES string of the molecule is COC(=O)C[C@H]1[C@@]2(C)C[C@@]34O[C@]5(C)O[C@]6([C@@H]7/C(=C(/O)C(C)C)C(=O)O[C@@H](c8ccoc8)[C@]7(C)[C@@H](OC(C)=O)[C@@H](OC(C)=O)[C@]6(O5)[C@]13C)[C@H](OC(C)=O)[C@@]4(O)[C@H]2OC(=O)C(C)(O)C(C)O. The van der Waals surface area contributed by atoms with Gasteiger partial charge in [0.2, 0.25) is 0 Å². The summed E-state index contributed by atoms with van der Waals surface area (Å²) < 4.78 is 63.7. The monoisotopic (exact) mass is 904 g/mol. The van der Waals surface area contributed by atoms with Crippen molar-refractivity contribution >= 4 is 35.8 Å². The van der Waals surface area contributed by atoms with E-state index in [1.807, 2.05) is 0 Å². The van der Waals surface area contributed by atoms with Crippen LogP contribution in [-0.4, -0.2) is 128 Å². The van der Waals surface area contributed by atoms with Crippen molar-refractivity contribution in [3.63, 3.8) is 0 Å². The number of rotatable bonds is 10. The van der Waals surface area contributed by atoms with Crippen LogP contribution in [0.3, 0.4) is 0 Å². The van der Waals surface area contributed by atoms with Crippen molar-refractivity contribution in [2.45, 2.75) is 160 Å². The maximum absolute atomic E-state index is 15.0. The van der Waals surface area contributed by atoms with Crippen LogP contribution in [0.25, 0.3) is 0 Å². The summed E-state index contributed by atoms with van der Waals surface area (Å²) in [5.41, 5.74) is -18.9. The van der Waals surface area contributed by atoms with E-state index in [0.29, 0.717) is 0 Å². The zero-order valence-corrected chi connectivity index (χ0v) is 37.7. The molecule has 0 radical (unpaired) electrons. The molecule has 4 heterocycles. The van der Waals surface area contributed by atoms with E-state index in [-0.39, 0.29) is 12.0 Å². The Balaban J connectivity index is 1.61. The summed E-state index contributed by atoms with van der Waals surface area (Å²) in [6.07, 6.45) is -9.44. The molecule has 4 N–H and O–H groups in total. The van der Waals surface area contributed by atoms with Gasteiger partial charge in [-0.05, 0) is 32.3 Å². The van der Waals surface area contributed by atoms with Gasteiger partial charge in [0.15, 0.2) is 40.7 Å². The van der Waals surface area contributed by atoms with Crippen molar-refractivity contribution in [2.75, 3.05) is 7.11 Å². The number of ether oxygens (including phenoxy) is 9. The van der Waals surface area contributed by atoms with Crippen molar-refractivity contribution in [1.82, 2.24) is 0 Å². The van der Waals surface area contributed by atoms with Gasteiger partial charge in [-0.1, -0.05) is 34.6 Å². The van der Waals surface area contributed by atoms with Crippen molar-refractivity contribution in [3.8, 4) is 0 Å². The second-order valence-electron chi connectivity index (χ2n) is 19.8. The molecule has 0 aromatic carbocycles. The maximum Gasteiger partial charge on any atom is 0.340 e. The molecule has 4 bridgehead atoms. The van der Waals surface area contributed by atoms with Crippen molar-refractivity contribution in [2.24, 2.45) is 34.0 Å². The van der Waals surface area contributed by atoms with Crippen LogP contribution < -0.4 is 0 Å². The van der Waals surface area contributed by atoms with E-state index in [2.05, 4.69) is 0 Å². The average molecular weight is 905 g/mol. The first-order valence-corrected chi connectivity index (χ1v) is 21.2. The van der Waals surface area contributed by atoms with Crippen LogP contribution in [0.5, 0.6) is 0 Å². The predicted molar refractivity (Wildman–Crippen MR) is 208 cm³/mol. The third-order valence-electron chi connectivity index (χ3n) is 16.0. The summed E-state index contributed by atoms with van der Waals surface area (Å²) in [5.74, 6) is -13.2. The molecular weight excluding hydrogens is 848 g/mol. The van der Waals surface area contributed by atoms with E-state index < -0.39 is 158 Å². The molecule has 4 aliphatic carbocycles. The lowest BCUT2D eigenvalue weighted by Gasteiger charge is -2.78. The Labute approximate surface area is 367 Å². The highest BCUT2D eigenvalue weighted by Gasteiger charge is 3.07. The van der Waals surface area contributed by atoms with E-state index in [1.165, 1.54) is 32.4 Å². The van der Waals surface area contributed by atoms with Gasteiger partial charge in [0.1, 0.15) is 23.6 Å². The standard InChI is InChI=1S/C44H56O20/c1-18(2)27(50)26-28-37(8,29(60-32(26)51)23-13-14-56-16-23)30(57-20(4)46)31(58-21(5)47)44-39(10)24(15-25(49)55-12)36(7)17-41(39)42(54,33(36)61-35(52)38(9,53)19(3)45)34(59-22(6)48)43(28,44)63-40(11,62-41)64-44/h13-14,16,18-19,24,28-31,33-34,45,50,53-54H,15,17H2,1-12H3/b27-26-/t19?,24-,28+,29-,30-,31+,33-,34+,36+,37+,38?,39+,40+,41+,42-,43+,44-/m0/s1. The van der Waals surface area contributed by atoms with Crippen LogP contribution in [0.2, 0.25) is 0 Å². The van der Waals surface area contributed by atoms with Gasteiger partial charge in [0.05, 0.1) is 36.7 Å². The molecular formula is C44H56O20. The molecule has 1 aromatic rings. The Morgan fingerprint density at radius 3 is 2.05 bits per heavy atom. The van der Waals surface area contributed by atoms with E-state index in [4.69, 9.17) is 47.0 Å². The van der Waals surface area contributed by atoms with Crippen LogP contribution in [-0.2, 0) is 71.4 Å². The number of aliphatic hydroxyl groups excluding tert-OH is 2. The predicted octanol–water partition coefficient (Wildman–Crippen LogP) is 2.14. The lowest BCUT2D eigenvalue weighted by molar-refractivity contribution is -0.490. The normalized spacial score (nSPS) is 46.5. The summed E-state index contributed by atoms with van der Waals surface area (Å²) in [5, 5.41) is 48.6. The first-order valence-electron chi connectivity index (χ1n) is 21.2. The summed E-state index contributed by atoms with van der Waals surface area (Å²) in [4.78, 5) is 84.4. The maximum atomic E-state index is 15.0. The number of fused-ring (bicyclic) bond motifs is 3. The zero-order valence-electron chi connectivity index (χ0n) is 37.7. The van der Waals surface area contributed by atoms with E-state index in [1.54, 1.807) is 27.7 Å². The Kier molecular flexibility index (Phi) is 9.85. The minimum atomic E-state index is -2.86. The largest absolute Gasteiger partial charge is 0.511 e. The number of aliphatic hydroxyl groups is 4. The topological polar surface area (TPSA) is 280 Å². The number of cyclic esters (lactones) is 1. The molecule has 2 spiro atoms. The summed E-state index contributed by atoms with van der Waals surface area (Å²) >= 11 is 0. The molecule has 3 saturated heterocycles. The van der Waals surface area contributed by atoms with Gasteiger partial charge in [0.25, 0.3) is 5.97 Å². The number of carbonyl (C=O) groups excluding carboxylic acids is 6. The van der Waals surface area contributed by atoms with Crippen molar-refractivity contribution in [3.05, 3.63) is 35.5 Å². The lowest BCUT2D eigenvalue weighted by atomic mass is 9.32. The highest BCUT2D eigenvalue weighted by molar-refractivity contribution is 5.92. The Morgan fingerprint density at radius 2 is 1.52 bits per heavy atom. The molecule has 4 saturated carbocycles. The summed E-state index contributed by atoms with van der Waals surface area (Å²) in [6, 6.07) is 1.47. The van der Waals surface area contributed by atoms with Crippen LogP contribution in [0.1, 0.15) is 101 Å². The minimum Gasteiger partial charge on any atom is -0.511 e. The zero-order chi connectivity index (χ0) is 47.5. The second-order valence-corrected chi connectivity index (χ2v) is 19.8. The first-order chi connectivity index (χ1) is 29.5. The third-order valence-corrected chi connectivity index (χ3v) is 16.0. The highest BCUT2D eigenvalue weighted by Crippen LogP contribution is 2.90. The lowest BCUT2D eigenvalue weighted by Crippen LogP contribution is -2.97. The van der Waals surface area contributed by atoms with Crippen LogP contribution in [0, 0.1) is 34.0 Å². The molecule has 20 nitrogen and oxygen atoms in total. The van der Waals surface area contributed by atoms with E-state index >= 15 is 4.79 Å². The van der Waals surface area contributed by atoms with E-state index in [0.717, 1.165) is 41.7 Å². The quantitative estimate of drug-likeness (QED) is 0.113. The Hall–Kier alpha value is -4.60. The van der Waals surface area contributed by atoms with Crippen molar-refractivity contribution < 1.29 is 96.2 Å². The number of allylic oxidation sites excluding steroid dienone is 1. The Bertz CT molecular complexity index is 2250. The minimum absolute atomic E-state index is 0.186. The molecule has 64 heavy (non-hydrogen) atoms. The number of carbonyl (C=O) groups is 6. The molecule has 7 aliphatic rings. The number of esters is 6. The molecule has 17 atom stereocenters. The molecule has 1 aromatic heterocycles. The number of methoxy groups -OCH3 is 1. The molecule has 7 fully saturated rings. The molecule has 0 amide bonds. The number of hydrogen-bond donors (Lipinski definition) is 4. The van der Waals surface area contributed by atoms with Gasteiger partial charge in [-0.25, -0.2) is 9.59 Å². The van der Waals surface area contributed by atoms with Gasteiger partial charge < -0.3 is 67.5 Å². The summed E-state index contributed by atoms with van der Waals surface area (Å²) in [7, 11) is 1.14. The molecule has 2 unspecified atom stereocenters. The Morgan fingerprint density at radius 1 is 0.906 bits per heavy atom. The van der Waals surface area contributed by atoms with Gasteiger partial charge in [-0.2, -0.15) is 0 Å². The number of furan rings is 1. The van der Waals surface area contributed by atoms with Gasteiger partial charge in [-0.3, -0.25) is 19.2 Å². The smallest absolute Gasteiger partial charge is 0.340 e. The van der Waals surface area contributed by atoms with Crippen LogP contribution in [0.4, 0.5) is 0 Å². The molecule has 3 aliphatic heterocycles. The van der Waals surface area contributed by atoms with E-state index in [9.17, 15) is 44.4 Å². The fourth-order valence-corrected chi connectivity index (χ4v) is 13.8. The second kappa shape index (κ2) is 13.7. The average Bonchev–Trinajstić information content (AvgIpc) is 3.89. The van der Waals surface area contributed by atoms with Gasteiger partial charge >= 0.3 is 35.8 Å². The number of hydrogen-bond acceptors (Lipinski definition) is 20. The fraction of sp³-hybridized carbons (Fsp3) is 0.727.